The monoisotopic (exact) mass is 336 g/mol. The number of nitrogens with zero attached hydrogens (tertiary/aromatic N) is 1. The molecule has 5 heteroatoms. The summed E-state index contributed by atoms with van der Waals surface area (Å²) in [5.74, 6) is 0.617. The summed E-state index contributed by atoms with van der Waals surface area (Å²) < 4.78 is 5.56. The van der Waals surface area contributed by atoms with Crippen molar-refractivity contribution in [2.75, 3.05) is 11.9 Å². The van der Waals surface area contributed by atoms with E-state index >= 15 is 0 Å². The molecular weight excluding hydrogens is 316 g/mol. The Morgan fingerprint density at radius 1 is 1.08 bits per heavy atom. The van der Waals surface area contributed by atoms with E-state index in [0.717, 1.165) is 5.56 Å². The lowest BCUT2D eigenvalue weighted by Crippen LogP contribution is -2.12. The molecule has 0 atom stereocenters. The Balaban J connectivity index is 1.69. The van der Waals surface area contributed by atoms with E-state index < -0.39 is 0 Å². The van der Waals surface area contributed by atoms with Crippen LogP contribution in [0.1, 0.15) is 35.7 Å². The number of amides is 1. The molecule has 25 heavy (non-hydrogen) atoms. The minimum atomic E-state index is -0.0800. The van der Waals surface area contributed by atoms with Gasteiger partial charge in [0.05, 0.1) is 19.1 Å². The first kappa shape index (κ1) is 18.2. The van der Waals surface area contributed by atoms with Crippen LogP contribution in [0.15, 0.2) is 48.5 Å². The van der Waals surface area contributed by atoms with Crippen molar-refractivity contribution >= 4 is 17.4 Å². The van der Waals surface area contributed by atoms with Crippen molar-refractivity contribution in [2.24, 2.45) is 0 Å². The summed E-state index contributed by atoms with van der Waals surface area (Å²) in [4.78, 5) is 23.1. The number of Topliss-reactive ketones (excluding diaryl/α,β-unsaturated/α-hetero) is 1. The number of carbonyl (C=O) groups is 2. The average molecular weight is 336 g/mol. The van der Waals surface area contributed by atoms with Gasteiger partial charge >= 0.3 is 0 Å². The van der Waals surface area contributed by atoms with Crippen LogP contribution in [0.2, 0.25) is 0 Å². The van der Waals surface area contributed by atoms with Crippen molar-refractivity contribution in [1.82, 2.24) is 0 Å². The van der Waals surface area contributed by atoms with E-state index in [1.54, 1.807) is 36.4 Å². The normalized spacial score (nSPS) is 9.92. The van der Waals surface area contributed by atoms with Crippen molar-refractivity contribution < 1.29 is 14.3 Å². The summed E-state index contributed by atoms with van der Waals surface area (Å²) in [6.07, 6.45) is 1.30. The van der Waals surface area contributed by atoms with Crippen LogP contribution in [-0.4, -0.2) is 18.3 Å². The van der Waals surface area contributed by atoms with E-state index in [-0.39, 0.29) is 11.7 Å². The Labute approximate surface area is 147 Å². The van der Waals surface area contributed by atoms with E-state index in [1.807, 2.05) is 12.1 Å². The van der Waals surface area contributed by atoms with Crippen molar-refractivity contribution in [3.8, 4) is 11.8 Å². The molecule has 0 unspecified atom stereocenters. The molecule has 0 radical (unpaired) electrons. The number of nitriles is 1. The minimum Gasteiger partial charge on any atom is -0.494 e. The summed E-state index contributed by atoms with van der Waals surface area (Å²) in [5, 5.41) is 11.4. The zero-order valence-corrected chi connectivity index (χ0v) is 14.1. The highest BCUT2D eigenvalue weighted by Crippen LogP contribution is 2.14. The number of nitrogens with one attached hydrogen (secondary N) is 1. The van der Waals surface area contributed by atoms with Crippen LogP contribution in [0.3, 0.4) is 0 Å². The van der Waals surface area contributed by atoms with Crippen LogP contribution in [0, 0.1) is 11.3 Å². The second-order valence-electron chi connectivity index (χ2n) is 5.61. The molecule has 5 nitrogen and oxygen atoms in total. The largest absolute Gasteiger partial charge is 0.494 e. The summed E-state index contributed by atoms with van der Waals surface area (Å²) in [7, 11) is 0. The van der Waals surface area contributed by atoms with Gasteiger partial charge in [0.15, 0.2) is 5.78 Å². The van der Waals surface area contributed by atoms with Crippen molar-refractivity contribution in [3.05, 3.63) is 59.7 Å². The van der Waals surface area contributed by atoms with Crippen LogP contribution in [0.25, 0.3) is 0 Å². The number of anilines is 1. The number of benzene rings is 2. The lowest BCUT2D eigenvalue weighted by atomic mass is 10.1. The number of rotatable bonds is 8. The molecule has 2 aromatic carbocycles. The average Bonchev–Trinajstić information content (AvgIpc) is 2.61. The molecule has 0 aliphatic heterocycles. The van der Waals surface area contributed by atoms with Gasteiger partial charge < -0.3 is 10.1 Å². The van der Waals surface area contributed by atoms with E-state index in [9.17, 15) is 9.59 Å². The number of hydrogen-bond acceptors (Lipinski definition) is 4. The highest BCUT2D eigenvalue weighted by atomic mass is 16.5. The first-order valence-electron chi connectivity index (χ1n) is 8.08. The molecule has 0 fully saturated rings. The second kappa shape index (κ2) is 9.24. The van der Waals surface area contributed by atoms with Gasteiger partial charge in [0.1, 0.15) is 5.75 Å². The van der Waals surface area contributed by atoms with Gasteiger partial charge in [-0.3, -0.25) is 9.59 Å². The highest BCUT2D eigenvalue weighted by molar-refractivity contribution is 5.94. The standard InChI is InChI=1S/C20H20N2O3/c1-15(23)17-6-10-19(11-7-17)25-14-2-3-20(24)22-18-8-4-16(5-9-18)12-13-21/h4-11H,2-3,12,14H2,1H3,(H,22,24). The zero-order valence-electron chi connectivity index (χ0n) is 14.1. The predicted molar refractivity (Wildman–Crippen MR) is 95.6 cm³/mol. The van der Waals surface area contributed by atoms with Crippen LogP contribution >= 0.6 is 0 Å². The van der Waals surface area contributed by atoms with Gasteiger partial charge in [-0.2, -0.15) is 5.26 Å². The van der Waals surface area contributed by atoms with Crippen molar-refractivity contribution in [3.63, 3.8) is 0 Å². The smallest absolute Gasteiger partial charge is 0.224 e. The van der Waals surface area contributed by atoms with Gasteiger partial charge in [0.25, 0.3) is 0 Å². The number of hydrogen-bond donors (Lipinski definition) is 1. The summed E-state index contributed by atoms with van der Waals surface area (Å²) in [6.45, 7) is 1.94. The Kier molecular flexibility index (Phi) is 6.73. The highest BCUT2D eigenvalue weighted by Gasteiger charge is 2.04. The third-order valence-electron chi connectivity index (χ3n) is 3.60. The number of carbonyl (C=O) groups excluding carboxylic acids is 2. The fourth-order valence-electron chi connectivity index (χ4n) is 2.23. The molecule has 0 aliphatic rings. The van der Waals surface area contributed by atoms with Gasteiger partial charge in [-0.05, 0) is 55.3 Å². The molecule has 128 valence electrons. The maximum Gasteiger partial charge on any atom is 0.224 e. The first-order valence-corrected chi connectivity index (χ1v) is 8.08. The Hall–Kier alpha value is -3.13. The lowest BCUT2D eigenvalue weighted by molar-refractivity contribution is -0.116. The summed E-state index contributed by atoms with van der Waals surface area (Å²) >= 11 is 0. The molecule has 0 saturated heterocycles. The summed E-state index contributed by atoms with van der Waals surface area (Å²) in [5.41, 5.74) is 2.28. The second-order valence-corrected chi connectivity index (χ2v) is 5.61. The van der Waals surface area contributed by atoms with E-state index in [4.69, 9.17) is 10.00 Å². The molecule has 1 N–H and O–H groups in total. The molecular formula is C20H20N2O3. The van der Waals surface area contributed by atoms with Gasteiger partial charge in [-0.15, -0.1) is 0 Å². The van der Waals surface area contributed by atoms with Gasteiger partial charge in [0, 0.05) is 17.7 Å². The lowest BCUT2D eigenvalue weighted by Gasteiger charge is -2.08. The molecule has 0 bridgehead atoms. The molecule has 2 rings (SSSR count). The first-order chi connectivity index (χ1) is 12.1. The number of ether oxygens (including phenoxy) is 1. The minimum absolute atomic E-state index is 0.0175. The molecule has 1 amide bonds. The fraction of sp³-hybridized carbons (Fsp3) is 0.250. The topological polar surface area (TPSA) is 79.2 Å². The predicted octanol–water partition coefficient (Wildman–Crippen LogP) is 3.75. The van der Waals surface area contributed by atoms with E-state index in [0.29, 0.717) is 42.9 Å². The Morgan fingerprint density at radius 3 is 2.36 bits per heavy atom. The Bertz CT molecular complexity index is 759. The molecule has 2 aromatic rings. The van der Waals surface area contributed by atoms with Crippen LogP contribution in [0.5, 0.6) is 5.75 Å². The van der Waals surface area contributed by atoms with Gasteiger partial charge in [-0.1, -0.05) is 12.1 Å². The zero-order chi connectivity index (χ0) is 18.1. The van der Waals surface area contributed by atoms with Gasteiger partial charge in [-0.25, -0.2) is 0 Å². The van der Waals surface area contributed by atoms with Crippen molar-refractivity contribution in [2.45, 2.75) is 26.2 Å². The Morgan fingerprint density at radius 2 is 1.76 bits per heavy atom. The third-order valence-corrected chi connectivity index (χ3v) is 3.60. The van der Waals surface area contributed by atoms with Crippen LogP contribution in [-0.2, 0) is 11.2 Å². The SMILES string of the molecule is CC(=O)c1ccc(OCCCC(=O)Nc2ccc(CC#N)cc2)cc1. The summed E-state index contributed by atoms with van der Waals surface area (Å²) in [6, 6.07) is 16.3. The quantitative estimate of drug-likeness (QED) is 0.588. The maximum atomic E-state index is 11.9. The molecule has 0 aliphatic carbocycles. The molecule has 0 saturated carbocycles. The van der Waals surface area contributed by atoms with E-state index in [1.165, 1.54) is 6.92 Å². The van der Waals surface area contributed by atoms with Crippen LogP contribution < -0.4 is 10.1 Å². The maximum absolute atomic E-state index is 11.9. The van der Waals surface area contributed by atoms with Gasteiger partial charge in [0.2, 0.25) is 5.91 Å². The van der Waals surface area contributed by atoms with E-state index in [2.05, 4.69) is 11.4 Å². The van der Waals surface area contributed by atoms with Crippen LogP contribution in [0.4, 0.5) is 5.69 Å². The molecule has 0 aromatic heterocycles. The molecule has 0 heterocycles. The number of ketones is 1. The fourth-order valence-corrected chi connectivity index (χ4v) is 2.23. The molecule has 0 spiro atoms. The third kappa shape index (κ3) is 6.11. The van der Waals surface area contributed by atoms with Crippen molar-refractivity contribution in [1.29, 1.82) is 5.26 Å².